The Morgan fingerprint density at radius 1 is 0.345 bits per heavy atom. The number of anilines is 3. The van der Waals surface area contributed by atoms with Gasteiger partial charge in [-0.15, -0.1) is 11.3 Å². The zero-order valence-electron chi connectivity index (χ0n) is 29.8. The van der Waals surface area contributed by atoms with Crippen molar-refractivity contribution in [3.63, 3.8) is 0 Å². The summed E-state index contributed by atoms with van der Waals surface area (Å²) in [4.78, 5) is 2.34. The third-order valence-electron chi connectivity index (χ3n) is 10.9. The van der Waals surface area contributed by atoms with E-state index in [1.54, 1.807) is 0 Å². The summed E-state index contributed by atoms with van der Waals surface area (Å²) in [5.74, 6) is 0. The third-order valence-corrected chi connectivity index (χ3v) is 12.1. The molecule has 0 saturated heterocycles. The predicted molar refractivity (Wildman–Crippen MR) is 235 cm³/mol. The molecule has 0 atom stereocenters. The van der Waals surface area contributed by atoms with Crippen LogP contribution < -0.4 is 4.90 Å². The van der Waals surface area contributed by atoms with Crippen molar-refractivity contribution in [2.24, 2.45) is 0 Å². The van der Waals surface area contributed by atoms with Gasteiger partial charge in [-0.3, -0.25) is 0 Å². The van der Waals surface area contributed by atoms with Gasteiger partial charge in [-0.05, 0) is 98.8 Å². The number of furan rings is 1. The van der Waals surface area contributed by atoms with Crippen LogP contribution >= 0.6 is 11.3 Å². The molecule has 2 nitrogen and oxygen atoms in total. The highest BCUT2D eigenvalue weighted by molar-refractivity contribution is 7.26. The maximum atomic E-state index is 6.41. The first-order valence-corrected chi connectivity index (χ1v) is 19.5. The zero-order chi connectivity index (χ0) is 36.3. The van der Waals surface area contributed by atoms with Gasteiger partial charge in [-0.1, -0.05) is 140 Å². The fourth-order valence-corrected chi connectivity index (χ4v) is 9.47. The number of hydrogen-bond donors (Lipinski definition) is 0. The number of benzene rings is 9. The van der Waals surface area contributed by atoms with E-state index in [1.807, 2.05) is 23.5 Å². The van der Waals surface area contributed by atoms with Gasteiger partial charge in [0.25, 0.3) is 0 Å². The molecule has 11 rings (SSSR count). The van der Waals surface area contributed by atoms with E-state index in [0.29, 0.717) is 0 Å². The fourth-order valence-electron chi connectivity index (χ4n) is 8.23. The molecular formula is C52H33NOS. The van der Waals surface area contributed by atoms with E-state index >= 15 is 0 Å². The highest BCUT2D eigenvalue weighted by Gasteiger charge is 2.18. The summed E-state index contributed by atoms with van der Waals surface area (Å²) in [6.07, 6.45) is 0. The zero-order valence-corrected chi connectivity index (χ0v) is 30.6. The standard InChI is InChI=1S/C52H33NOS/c1-2-17-42-34(11-1)12-9-20-43(42)35-25-27-39(28-26-35)53(41-29-30-46-45-18-3-5-23-49(45)54-50(46)33-41)40-16-8-14-37(32-40)36-13-7-15-38(31-36)44-21-10-22-48-47-19-4-6-24-51(47)55-52(44)48/h1-33H. The van der Waals surface area contributed by atoms with Gasteiger partial charge < -0.3 is 9.32 Å². The van der Waals surface area contributed by atoms with Crippen molar-refractivity contribution >= 4 is 81.3 Å². The molecule has 0 amide bonds. The number of para-hydroxylation sites is 1. The lowest BCUT2D eigenvalue weighted by atomic mass is 9.97. The van der Waals surface area contributed by atoms with E-state index in [9.17, 15) is 0 Å². The van der Waals surface area contributed by atoms with E-state index < -0.39 is 0 Å². The molecule has 0 radical (unpaired) electrons. The smallest absolute Gasteiger partial charge is 0.137 e. The Hall–Kier alpha value is -6.94. The van der Waals surface area contributed by atoms with Crippen molar-refractivity contribution in [2.75, 3.05) is 4.90 Å². The number of rotatable bonds is 6. The Morgan fingerprint density at radius 2 is 0.964 bits per heavy atom. The van der Waals surface area contributed by atoms with E-state index in [1.165, 1.54) is 58.8 Å². The molecule has 0 aliphatic rings. The quantitative estimate of drug-likeness (QED) is 0.170. The molecule has 0 fully saturated rings. The number of hydrogen-bond acceptors (Lipinski definition) is 3. The summed E-state index contributed by atoms with van der Waals surface area (Å²) in [5.41, 5.74) is 12.2. The summed E-state index contributed by atoms with van der Waals surface area (Å²) < 4.78 is 9.05. The maximum absolute atomic E-state index is 6.41. The monoisotopic (exact) mass is 719 g/mol. The van der Waals surface area contributed by atoms with Gasteiger partial charge in [0.05, 0.1) is 0 Å². The van der Waals surface area contributed by atoms with Crippen LogP contribution in [-0.4, -0.2) is 0 Å². The predicted octanol–water partition coefficient (Wildman–Crippen LogP) is 15.6. The second kappa shape index (κ2) is 12.9. The van der Waals surface area contributed by atoms with E-state index in [-0.39, 0.29) is 0 Å². The molecule has 0 saturated carbocycles. The van der Waals surface area contributed by atoms with Crippen LogP contribution in [0.5, 0.6) is 0 Å². The molecule has 0 N–H and O–H groups in total. The summed E-state index contributed by atoms with van der Waals surface area (Å²) in [7, 11) is 0. The molecule has 0 aliphatic carbocycles. The lowest BCUT2D eigenvalue weighted by molar-refractivity contribution is 0.669. The van der Waals surface area contributed by atoms with E-state index in [2.05, 4.69) is 193 Å². The minimum atomic E-state index is 0.871. The first-order valence-electron chi connectivity index (χ1n) is 18.7. The lowest BCUT2D eigenvalue weighted by Crippen LogP contribution is -2.10. The van der Waals surface area contributed by atoms with Gasteiger partial charge in [0.2, 0.25) is 0 Å². The first kappa shape index (κ1) is 31.6. The van der Waals surface area contributed by atoms with Gasteiger partial charge >= 0.3 is 0 Å². The summed E-state index contributed by atoms with van der Waals surface area (Å²) in [6, 6.07) is 72.2. The van der Waals surface area contributed by atoms with Crippen molar-refractivity contribution in [1.82, 2.24) is 0 Å². The highest BCUT2D eigenvalue weighted by Crippen LogP contribution is 2.43. The molecule has 11 aromatic rings. The third kappa shape index (κ3) is 5.40. The molecule has 3 heteroatoms. The Bertz CT molecular complexity index is 3220. The second-order valence-electron chi connectivity index (χ2n) is 14.1. The van der Waals surface area contributed by atoms with Crippen LogP contribution in [0.15, 0.2) is 205 Å². The van der Waals surface area contributed by atoms with Gasteiger partial charge in [-0.25, -0.2) is 0 Å². The van der Waals surface area contributed by atoms with E-state index in [4.69, 9.17) is 4.42 Å². The van der Waals surface area contributed by atoms with Crippen LogP contribution in [0.2, 0.25) is 0 Å². The molecular weight excluding hydrogens is 687 g/mol. The van der Waals surface area contributed by atoms with Crippen LogP contribution in [0.25, 0.3) is 86.3 Å². The van der Waals surface area contributed by atoms with Crippen LogP contribution in [0.4, 0.5) is 17.1 Å². The number of thiophene rings is 1. The van der Waals surface area contributed by atoms with Crippen molar-refractivity contribution in [3.05, 3.63) is 200 Å². The Morgan fingerprint density at radius 3 is 1.87 bits per heavy atom. The van der Waals surface area contributed by atoms with Crippen molar-refractivity contribution in [1.29, 1.82) is 0 Å². The van der Waals surface area contributed by atoms with Gasteiger partial charge in [0, 0.05) is 54.1 Å². The van der Waals surface area contributed by atoms with Gasteiger partial charge in [0.15, 0.2) is 0 Å². The fraction of sp³-hybridized carbons (Fsp3) is 0. The van der Waals surface area contributed by atoms with Crippen LogP contribution in [0.1, 0.15) is 0 Å². The van der Waals surface area contributed by atoms with Gasteiger partial charge in [0.1, 0.15) is 11.2 Å². The second-order valence-corrected chi connectivity index (χ2v) is 15.2. The van der Waals surface area contributed by atoms with Crippen LogP contribution in [0.3, 0.4) is 0 Å². The molecule has 0 bridgehead atoms. The topological polar surface area (TPSA) is 16.4 Å². The molecule has 0 unspecified atom stereocenters. The molecule has 55 heavy (non-hydrogen) atoms. The van der Waals surface area contributed by atoms with Crippen molar-refractivity contribution < 1.29 is 4.42 Å². The van der Waals surface area contributed by atoms with E-state index in [0.717, 1.165) is 44.6 Å². The highest BCUT2D eigenvalue weighted by atomic mass is 32.1. The summed E-state index contributed by atoms with van der Waals surface area (Å²) in [6.45, 7) is 0. The average molecular weight is 720 g/mol. The number of fused-ring (bicyclic) bond motifs is 7. The first-order chi connectivity index (χ1) is 27.2. The van der Waals surface area contributed by atoms with Crippen LogP contribution in [-0.2, 0) is 0 Å². The van der Waals surface area contributed by atoms with Gasteiger partial charge in [-0.2, -0.15) is 0 Å². The Labute approximate surface area is 322 Å². The molecule has 0 aliphatic heterocycles. The Balaban J connectivity index is 1.03. The molecule has 9 aromatic carbocycles. The number of nitrogens with zero attached hydrogens (tertiary/aromatic N) is 1. The van der Waals surface area contributed by atoms with Crippen molar-refractivity contribution in [3.8, 4) is 33.4 Å². The average Bonchev–Trinajstić information content (AvgIpc) is 3.82. The summed E-state index contributed by atoms with van der Waals surface area (Å²) in [5, 5.41) is 7.37. The molecule has 0 spiro atoms. The maximum Gasteiger partial charge on any atom is 0.137 e. The van der Waals surface area contributed by atoms with Crippen LogP contribution in [0, 0.1) is 0 Å². The molecule has 258 valence electrons. The summed E-state index contributed by atoms with van der Waals surface area (Å²) >= 11 is 1.87. The lowest BCUT2D eigenvalue weighted by Gasteiger charge is -2.26. The minimum Gasteiger partial charge on any atom is -0.456 e. The minimum absolute atomic E-state index is 0.871. The SMILES string of the molecule is c1cc(-c2cccc(N(c3ccc(-c4cccc5ccccc45)cc3)c3ccc4c(c3)oc3ccccc34)c2)cc(-c2cccc3c2sc2ccccc23)c1. The molecule has 2 heterocycles. The largest absolute Gasteiger partial charge is 0.456 e. The Kier molecular flexibility index (Phi) is 7.39. The molecule has 2 aromatic heterocycles. The van der Waals surface area contributed by atoms with Crippen molar-refractivity contribution in [2.45, 2.75) is 0 Å². The normalized spacial score (nSPS) is 11.6.